The lowest BCUT2D eigenvalue weighted by molar-refractivity contribution is -0.133. The van der Waals surface area contributed by atoms with Gasteiger partial charge in [-0.2, -0.15) is 0 Å². The van der Waals surface area contributed by atoms with Crippen molar-refractivity contribution in [3.05, 3.63) is 89.7 Å². The van der Waals surface area contributed by atoms with E-state index in [2.05, 4.69) is 22.8 Å². The van der Waals surface area contributed by atoms with Crippen LogP contribution in [-0.4, -0.2) is 66.1 Å². The highest BCUT2D eigenvalue weighted by Crippen LogP contribution is 2.25. The van der Waals surface area contributed by atoms with Gasteiger partial charge < -0.3 is 23.8 Å². The fraction of sp³-hybridized carbons (Fsp3) is 0.419. The zero-order valence-electron chi connectivity index (χ0n) is 22.6. The van der Waals surface area contributed by atoms with E-state index in [9.17, 15) is 9.59 Å². The van der Waals surface area contributed by atoms with E-state index in [4.69, 9.17) is 9.47 Å². The Balaban J connectivity index is 1.53. The maximum Gasteiger partial charge on any atom is 0.254 e. The van der Waals surface area contributed by atoms with Crippen LogP contribution in [0.2, 0.25) is 0 Å². The number of aromatic nitrogens is 1. The van der Waals surface area contributed by atoms with Crippen molar-refractivity contribution < 1.29 is 19.1 Å². The molecule has 3 aromatic rings. The summed E-state index contributed by atoms with van der Waals surface area (Å²) in [6.07, 6.45) is 7.19. The first-order valence-corrected chi connectivity index (χ1v) is 13.5. The molecule has 1 fully saturated rings. The largest absolute Gasteiger partial charge is 0.497 e. The molecule has 0 unspecified atom stereocenters. The van der Waals surface area contributed by atoms with E-state index >= 15 is 0 Å². The molecule has 2 amide bonds. The Hall–Kier alpha value is -3.58. The van der Waals surface area contributed by atoms with Crippen molar-refractivity contribution >= 4 is 11.8 Å². The maximum atomic E-state index is 13.8. The first kappa shape index (κ1) is 27.5. The van der Waals surface area contributed by atoms with Gasteiger partial charge in [-0.05, 0) is 48.7 Å². The van der Waals surface area contributed by atoms with Gasteiger partial charge in [-0.15, -0.1) is 0 Å². The van der Waals surface area contributed by atoms with Gasteiger partial charge in [0.1, 0.15) is 12.3 Å². The molecule has 1 saturated carbocycles. The van der Waals surface area contributed by atoms with E-state index in [-0.39, 0.29) is 24.4 Å². The van der Waals surface area contributed by atoms with Crippen LogP contribution in [0.1, 0.15) is 53.7 Å². The van der Waals surface area contributed by atoms with Crippen LogP contribution in [-0.2, 0) is 22.6 Å². The number of hydrogen-bond acceptors (Lipinski definition) is 4. The molecule has 202 valence electrons. The third kappa shape index (κ3) is 7.25. The predicted molar refractivity (Wildman–Crippen MR) is 148 cm³/mol. The highest BCUT2D eigenvalue weighted by Gasteiger charge is 2.30. The van der Waals surface area contributed by atoms with Crippen LogP contribution >= 0.6 is 0 Å². The highest BCUT2D eigenvalue weighted by atomic mass is 16.5. The van der Waals surface area contributed by atoms with Gasteiger partial charge in [0.05, 0.1) is 20.3 Å². The van der Waals surface area contributed by atoms with Gasteiger partial charge in [-0.1, -0.05) is 55.7 Å². The second-order valence-corrected chi connectivity index (χ2v) is 9.88. The molecular formula is C31H39N3O4. The minimum Gasteiger partial charge on any atom is -0.497 e. The van der Waals surface area contributed by atoms with Gasteiger partial charge in [0, 0.05) is 43.7 Å². The molecular weight excluding hydrogens is 478 g/mol. The number of hydrogen-bond donors (Lipinski definition) is 0. The Morgan fingerprint density at radius 2 is 1.74 bits per heavy atom. The summed E-state index contributed by atoms with van der Waals surface area (Å²) in [4.78, 5) is 31.1. The SMILES string of the molecule is COCCN(Cc1cccn1Cc1ccccc1)C(=O)CN(C(=O)c1cccc(OC)c1)C1CCCCC1. The summed E-state index contributed by atoms with van der Waals surface area (Å²) < 4.78 is 12.8. The van der Waals surface area contributed by atoms with Crippen LogP contribution in [0.5, 0.6) is 5.75 Å². The molecule has 38 heavy (non-hydrogen) atoms. The fourth-order valence-electron chi connectivity index (χ4n) is 5.14. The summed E-state index contributed by atoms with van der Waals surface area (Å²) >= 11 is 0. The van der Waals surface area contributed by atoms with Gasteiger partial charge in [0.25, 0.3) is 5.91 Å². The van der Waals surface area contributed by atoms with Crippen LogP contribution < -0.4 is 4.74 Å². The maximum absolute atomic E-state index is 13.8. The van der Waals surface area contributed by atoms with Crippen molar-refractivity contribution in [2.24, 2.45) is 0 Å². The Morgan fingerprint density at radius 3 is 2.47 bits per heavy atom. The highest BCUT2D eigenvalue weighted by molar-refractivity contribution is 5.97. The summed E-state index contributed by atoms with van der Waals surface area (Å²) in [7, 11) is 3.23. The summed E-state index contributed by atoms with van der Waals surface area (Å²) in [5.74, 6) is 0.436. The summed E-state index contributed by atoms with van der Waals surface area (Å²) in [6, 6.07) is 21.6. The molecule has 7 nitrogen and oxygen atoms in total. The van der Waals surface area contributed by atoms with Crippen molar-refractivity contribution in [2.45, 2.75) is 51.2 Å². The third-order valence-corrected chi connectivity index (χ3v) is 7.29. The molecule has 2 aromatic carbocycles. The van der Waals surface area contributed by atoms with Crippen LogP contribution in [0.3, 0.4) is 0 Å². The van der Waals surface area contributed by atoms with Gasteiger partial charge in [-0.25, -0.2) is 0 Å². The number of ether oxygens (including phenoxy) is 2. The summed E-state index contributed by atoms with van der Waals surface area (Å²) in [6.45, 7) is 2.12. The number of carbonyl (C=O) groups excluding carboxylic acids is 2. The van der Waals surface area contributed by atoms with E-state index in [1.807, 2.05) is 47.5 Å². The van der Waals surface area contributed by atoms with E-state index in [1.54, 1.807) is 31.3 Å². The van der Waals surface area contributed by atoms with E-state index in [0.29, 0.717) is 31.0 Å². The lowest BCUT2D eigenvalue weighted by Crippen LogP contribution is -2.48. The Morgan fingerprint density at radius 1 is 0.947 bits per heavy atom. The number of carbonyl (C=O) groups is 2. The smallest absolute Gasteiger partial charge is 0.254 e. The molecule has 0 N–H and O–H groups in total. The number of methoxy groups -OCH3 is 2. The van der Waals surface area contributed by atoms with Crippen molar-refractivity contribution in [3.63, 3.8) is 0 Å². The number of rotatable bonds is 12. The van der Waals surface area contributed by atoms with Crippen LogP contribution in [0.4, 0.5) is 0 Å². The zero-order valence-corrected chi connectivity index (χ0v) is 22.6. The van der Waals surface area contributed by atoms with Crippen LogP contribution in [0.25, 0.3) is 0 Å². The number of amides is 2. The molecule has 1 aromatic heterocycles. The Labute approximate surface area is 226 Å². The molecule has 4 rings (SSSR count). The second-order valence-electron chi connectivity index (χ2n) is 9.88. The number of benzene rings is 2. The number of nitrogens with zero attached hydrogens (tertiary/aromatic N) is 3. The van der Waals surface area contributed by atoms with Crippen molar-refractivity contribution in [3.8, 4) is 5.75 Å². The molecule has 1 aliphatic carbocycles. The Kier molecular flexibility index (Phi) is 9.98. The average Bonchev–Trinajstić information content (AvgIpc) is 3.40. The van der Waals surface area contributed by atoms with E-state index in [0.717, 1.165) is 37.9 Å². The molecule has 7 heteroatoms. The minimum atomic E-state index is -0.122. The minimum absolute atomic E-state index is 0.0455. The van der Waals surface area contributed by atoms with E-state index in [1.165, 1.54) is 12.0 Å². The van der Waals surface area contributed by atoms with Crippen molar-refractivity contribution in [1.29, 1.82) is 0 Å². The first-order chi connectivity index (χ1) is 18.6. The van der Waals surface area contributed by atoms with Crippen LogP contribution in [0, 0.1) is 0 Å². The van der Waals surface area contributed by atoms with Crippen LogP contribution in [0.15, 0.2) is 72.9 Å². The Bertz CT molecular complexity index is 1170. The molecule has 0 aliphatic heterocycles. The van der Waals surface area contributed by atoms with E-state index < -0.39 is 0 Å². The molecule has 1 heterocycles. The molecule has 0 bridgehead atoms. The lowest BCUT2D eigenvalue weighted by atomic mass is 9.93. The normalized spacial score (nSPS) is 13.7. The topological polar surface area (TPSA) is 64.0 Å². The average molecular weight is 518 g/mol. The third-order valence-electron chi connectivity index (χ3n) is 7.29. The predicted octanol–water partition coefficient (Wildman–Crippen LogP) is 5.00. The standard InChI is InChI=1S/C31H39N3O4/c1-37-20-19-33(23-28-16-10-18-32(28)22-25-11-5-3-6-12-25)30(35)24-34(27-14-7-4-8-15-27)31(36)26-13-9-17-29(21-26)38-2/h3,5-6,9-13,16-18,21,27H,4,7-8,14-15,19-20,22-24H2,1-2H3. The first-order valence-electron chi connectivity index (χ1n) is 13.5. The zero-order chi connectivity index (χ0) is 26.7. The second kappa shape index (κ2) is 13.8. The molecule has 0 saturated heterocycles. The van der Waals surface area contributed by atoms with Gasteiger partial charge in [0.15, 0.2) is 0 Å². The van der Waals surface area contributed by atoms with Gasteiger partial charge >= 0.3 is 0 Å². The fourth-order valence-corrected chi connectivity index (χ4v) is 5.14. The lowest BCUT2D eigenvalue weighted by Gasteiger charge is -2.35. The quantitative estimate of drug-likeness (QED) is 0.339. The molecule has 1 aliphatic rings. The van der Waals surface area contributed by atoms with Gasteiger partial charge in [-0.3, -0.25) is 9.59 Å². The molecule has 0 atom stereocenters. The molecule has 0 radical (unpaired) electrons. The van der Waals surface area contributed by atoms with Crippen molar-refractivity contribution in [2.75, 3.05) is 33.9 Å². The van der Waals surface area contributed by atoms with Gasteiger partial charge in [0.2, 0.25) is 5.91 Å². The van der Waals surface area contributed by atoms with Crippen molar-refractivity contribution in [1.82, 2.24) is 14.4 Å². The monoisotopic (exact) mass is 517 g/mol. The summed E-state index contributed by atoms with van der Waals surface area (Å²) in [5.41, 5.74) is 2.79. The molecule has 0 spiro atoms. The summed E-state index contributed by atoms with van der Waals surface area (Å²) in [5, 5.41) is 0.